The van der Waals surface area contributed by atoms with Gasteiger partial charge < -0.3 is 5.73 Å². The summed E-state index contributed by atoms with van der Waals surface area (Å²) >= 11 is 0. The molecule has 0 bridgehead atoms. The van der Waals surface area contributed by atoms with Gasteiger partial charge in [-0.15, -0.1) is 0 Å². The van der Waals surface area contributed by atoms with Gasteiger partial charge >= 0.3 is 0 Å². The van der Waals surface area contributed by atoms with E-state index in [0.717, 1.165) is 36.8 Å². The molecular formula is C14H22N2O2S. The normalized spacial score (nSPS) is 16.3. The Morgan fingerprint density at radius 1 is 1.26 bits per heavy atom. The molecule has 0 saturated heterocycles. The summed E-state index contributed by atoms with van der Waals surface area (Å²) in [7, 11) is -3.45. The number of nitrogen functional groups attached to an aromatic ring is 1. The quantitative estimate of drug-likeness (QED) is 0.813. The first-order valence-electron chi connectivity index (χ1n) is 6.91. The monoisotopic (exact) mass is 282 g/mol. The lowest BCUT2D eigenvalue weighted by molar-refractivity contribution is 0.383. The van der Waals surface area contributed by atoms with Crippen LogP contribution in [-0.2, 0) is 22.9 Å². The van der Waals surface area contributed by atoms with Crippen LogP contribution in [0.3, 0.4) is 0 Å². The van der Waals surface area contributed by atoms with Crippen molar-refractivity contribution in [2.24, 2.45) is 0 Å². The van der Waals surface area contributed by atoms with E-state index in [1.54, 1.807) is 6.07 Å². The lowest BCUT2D eigenvalue weighted by atomic mass is 9.94. The highest BCUT2D eigenvalue weighted by atomic mass is 32.2. The SMILES string of the molecule is CCc1cc(N)c(CC)c(S(=O)(=O)NC2CCC2)c1. The van der Waals surface area contributed by atoms with Gasteiger partial charge in [0.05, 0.1) is 4.90 Å². The molecule has 0 atom stereocenters. The third-order valence-corrected chi connectivity index (χ3v) is 5.37. The molecule has 0 spiro atoms. The molecule has 0 unspecified atom stereocenters. The Bertz CT molecular complexity index is 563. The Hall–Kier alpha value is -1.07. The van der Waals surface area contributed by atoms with Crippen LogP contribution in [0.2, 0.25) is 0 Å². The number of nitrogens with two attached hydrogens (primary N) is 1. The topological polar surface area (TPSA) is 72.2 Å². The van der Waals surface area contributed by atoms with Gasteiger partial charge in [0, 0.05) is 11.7 Å². The number of anilines is 1. The van der Waals surface area contributed by atoms with E-state index in [2.05, 4.69) is 4.72 Å². The standard InChI is InChI=1S/C14H22N2O2S/c1-3-10-8-13(15)12(4-2)14(9-10)19(17,18)16-11-6-5-7-11/h8-9,11,16H,3-7,15H2,1-2H3. The number of aryl methyl sites for hydroxylation is 1. The molecule has 1 fully saturated rings. The summed E-state index contributed by atoms with van der Waals surface area (Å²) in [6.45, 7) is 3.93. The molecule has 106 valence electrons. The minimum Gasteiger partial charge on any atom is -0.398 e. The van der Waals surface area contributed by atoms with E-state index in [0.29, 0.717) is 17.0 Å². The van der Waals surface area contributed by atoms with Gasteiger partial charge in [0.1, 0.15) is 0 Å². The van der Waals surface area contributed by atoms with Crippen molar-refractivity contribution in [2.75, 3.05) is 5.73 Å². The van der Waals surface area contributed by atoms with Crippen LogP contribution in [0, 0.1) is 0 Å². The predicted octanol–water partition coefficient (Wildman–Crippen LogP) is 2.22. The van der Waals surface area contributed by atoms with Crippen molar-refractivity contribution in [3.8, 4) is 0 Å². The minimum absolute atomic E-state index is 0.0983. The number of hydrogen-bond donors (Lipinski definition) is 2. The molecule has 3 N–H and O–H groups in total. The molecule has 4 nitrogen and oxygen atoms in total. The molecule has 1 aliphatic carbocycles. The van der Waals surface area contributed by atoms with Gasteiger partial charge in [0.2, 0.25) is 10.0 Å². The van der Waals surface area contributed by atoms with E-state index in [1.165, 1.54) is 0 Å². The average Bonchev–Trinajstić information content (AvgIpc) is 2.33. The van der Waals surface area contributed by atoms with Crippen molar-refractivity contribution >= 4 is 15.7 Å². The fraction of sp³-hybridized carbons (Fsp3) is 0.571. The van der Waals surface area contributed by atoms with Crippen LogP contribution >= 0.6 is 0 Å². The van der Waals surface area contributed by atoms with E-state index < -0.39 is 10.0 Å². The number of hydrogen-bond acceptors (Lipinski definition) is 3. The summed E-state index contributed by atoms with van der Waals surface area (Å²) in [5.74, 6) is 0. The van der Waals surface area contributed by atoms with Crippen LogP contribution in [0.15, 0.2) is 17.0 Å². The molecule has 0 aliphatic heterocycles. The Morgan fingerprint density at radius 3 is 2.42 bits per heavy atom. The molecule has 0 heterocycles. The maximum absolute atomic E-state index is 12.5. The molecule has 1 aliphatic rings. The van der Waals surface area contributed by atoms with Gasteiger partial charge in [-0.3, -0.25) is 0 Å². The lowest BCUT2D eigenvalue weighted by Gasteiger charge is -2.27. The van der Waals surface area contributed by atoms with Crippen molar-refractivity contribution in [3.05, 3.63) is 23.3 Å². The van der Waals surface area contributed by atoms with Crippen molar-refractivity contribution in [3.63, 3.8) is 0 Å². The summed E-state index contributed by atoms with van der Waals surface area (Å²) in [5, 5.41) is 0. The highest BCUT2D eigenvalue weighted by Crippen LogP contribution is 2.27. The third-order valence-electron chi connectivity index (χ3n) is 3.78. The first-order chi connectivity index (χ1) is 8.97. The highest BCUT2D eigenvalue weighted by Gasteiger charge is 2.27. The molecule has 19 heavy (non-hydrogen) atoms. The molecule has 1 aromatic carbocycles. The van der Waals surface area contributed by atoms with E-state index in [-0.39, 0.29) is 6.04 Å². The van der Waals surface area contributed by atoms with E-state index in [4.69, 9.17) is 5.73 Å². The molecule has 2 rings (SSSR count). The second-order valence-corrected chi connectivity index (χ2v) is 6.80. The number of benzene rings is 1. The second-order valence-electron chi connectivity index (χ2n) is 5.12. The molecule has 0 amide bonds. The third kappa shape index (κ3) is 2.92. The molecule has 1 aromatic rings. The number of nitrogens with one attached hydrogen (secondary N) is 1. The summed E-state index contributed by atoms with van der Waals surface area (Å²) in [6.07, 6.45) is 4.37. The highest BCUT2D eigenvalue weighted by molar-refractivity contribution is 7.89. The summed E-state index contributed by atoms with van der Waals surface area (Å²) < 4.78 is 27.7. The van der Waals surface area contributed by atoms with Gasteiger partial charge in [-0.25, -0.2) is 13.1 Å². The molecular weight excluding hydrogens is 260 g/mol. The Labute approximate surface area is 115 Å². The van der Waals surface area contributed by atoms with Gasteiger partial charge in [0.25, 0.3) is 0 Å². The summed E-state index contributed by atoms with van der Waals surface area (Å²) in [6, 6.07) is 3.73. The number of sulfonamides is 1. The maximum Gasteiger partial charge on any atom is 0.241 e. The van der Waals surface area contributed by atoms with Crippen LogP contribution in [0.4, 0.5) is 5.69 Å². The van der Waals surface area contributed by atoms with E-state index in [1.807, 2.05) is 19.9 Å². The summed E-state index contributed by atoms with van der Waals surface area (Å²) in [4.78, 5) is 0.360. The van der Waals surface area contributed by atoms with Crippen LogP contribution in [0.25, 0.3) is 0 Å². The van der Waals surface area contributed by atoms with Gasteiger partial charge in [0.15, 0.2) is 0 Å². The molecule has 1 saturated carbocycles. The van der Waals surface area contributed by atoms with Crippen LogP contribution in [-0.4, -0.2) is 14.5 Å². The number of rotatable bonds is 5. The zero-order valence-electron chi connectivity index (χ0n) is 11.6. The van der Waals surface area contributed by atoms with Gasteiger partial charge in [-0.2, -0.15) is 0 Å². The van der Waals surface area contributed by atoms with E-state index >= 15 is 0 Å². The lowest BCUT2D eigenvalue weighted by Crippen LogP contribution is -2.39. The predicted molar refractivity (Wildman–Crippen MR) is 77.6 cm³/mol. The smallest absolute Gasteiger partial charge is 0.241 e. The average molecular weight is 282 g/mol. The zero-order chi connectivity index (χ0) is 14.0. The van der Waals surface area contributed by atoms with Crippen molar-refractivity contribution < 1.29 is 8.42 Å². The first kappa shape index (κ1) is 14.3. The van der Waals surface area contributed by atoms with Crippen molar-refractivity contribution in [1.82, 2.24) is 4.72 Å². The summed E-state index contributed by atoms with van der Waals surface area (Å²) in [5.41, 5.74) is 8.26. The molecule has 0 aromatic heterocycles. The first-order valence-corrected chi connectivity index (χ1v) is 8.39. The Morgan fingerprint density at radius 2 is 1.95 bits per heavy atom. The maximum atomic E-state index is 12.5. The van der Waals surface area contributed by atoms with Crippen LogP contribution in [0.1, 0.15) is 44.2 Å². The van der Waals surface area contributed by atoms with Gasteiger partial charge in [-0.1, -0.05) is 20.3 Å². The minimum atomic E-state index is -3.45. The largest absolute Gasteiger partial charge is 0.398 e. The fourth-order valence-electron chi connectivity index (χ4n) is 2.36. The fourth-order valence-corrected chi connectivity index (χ4v) is 4.05. The molecule has 5 heteroatoms. The molecule has 0 radical (unpaired) electrons. The Balaban J connectivity index is 2.43. The second kappa shape index (κ2) is 5.51. The van der Waals surface area contributed by atoms with Crippen molar-refractivity contribution in [2.45, 2.75) is 56.9 Å². The Kier molecular flexibility index (Phi) is 4.16. The van der Waals surface area contributed by atoms with Crippen LogP contribution < -0.4 is 10.5 Å². The van der Waals surface area contributed by atoms with Crippen LogP contribution in [0.5, 0.6) is 0 Å². The van der Waals surface area contributed by atoms with E-state index in [9.17, 15) is 8.42 Å². The van der Waals surface area contributed by atoms with Gasteiger partial charge in [-0.05, 0) is 48.9 Å². The van der Waals surface area contributed by atoms with Crippen molar-refractivity contribution in [1.29, 1.82) is 0 Å². The zero-order valence-corrected chi connectivity index (χ0v) is 12.4.